The number of hydrogen-bond acceptors (Lipinski definition) is 18. The van der Waals surface area contributed by atoms with Crippen LogP contribution >= 0.6 is 15.6 Å². The smallest absolute Gasteiger partial charge is 0.303 e. The molecule has 492 valence electrons. The first-order valence-corrected chi connectivity index (χ1v) is 32.2. The van der Waals surface area contributed by atoms with Crippen LogP contribution in [-0.4, -0.2) is 66.2 Å². The molecule has 0 saturated heterocycles. The van der Waals surface area contributed by atoms with E-state index in [1.54, 1.807) is 161 Å². The molecule has 0 aliphatic carbocycles. The third-order valence-corrected chi connectivity index (χ3v) is 15.8. The summed E-state index contributed by atoms with van der Waals surface area (Å²) >= 11 is 0. The van der Waals surface area contributed by atoms with Crippen LogP contribution in [0.15, 0.2) is 83.4 Å². The van der Waals surface area contributed by atoms with Gasteiger partial charge in [-0.1, -0.05) is 41.5 Å². The Hall–Kier alpha value is -8.60. The third-order valence-electron chi connectivity index (χ3n) is 13.4. The highest BCUT2D eigenvalue weighted by atomic mass is 31.2. The van der Waals surface area contributed by atoms with Gasteiger partial charge in [0, 0.05) is 53.0 Å². The number of aromatic nitrogens is 6. The first kappa shape index (κ1) is 75.9. The quantitative estimate of drug-likeness (QED) is 0.0474. The van der Waals surface area contributed by atoms with Crippen molar-refractivity contribution in [1.82, 2.24) is 27.8 Å². The van der Waals surface area contributed by atoms with E-state index in [-0.39, 0.29) is 76.0 Å². The number of benzene rings is 3. The van der Waals surface area contributed by atoms with Gasteiger partial charge in [0.25, 0.3) is 16.7 Å². The zero-order valence-electron chi connectivity index (χ0n) is 55.0. The number of H-pyrrole nitrogens is 1. The van der Waals surface area contributed by atoms with Gasteiger partial charge in [0.2, 0.25) is 17.3 Å². The van der Waals surface area contributed by atoms with E-state index in [1.807, 2.05) is 18.2 Å². The molecule has 3 aromatic carbocycles. The van der Waals surface area contributed by atoms with E-state index in [1.165, 1.54) is 27.3 Å². The third kappa shape index (κ3) is 18.8. The number of carbonyl (C=O) groups is 3. The van der Waals surface area contributed by atoms with Gasteiger partial charge in [0.15, 0.2) is 0 Å². The highest BCUT2D eigenvalue weighted by molar-refractivity contribution is 7.48. The molecule has 0 spiro atoms. The normalized spacial score (nSPS) is 11.7. The van der Waals surface area contributed by atoms with Crippen LogP contribution in [0.3, 0.4) is 0 Å². The van der Waals surface area contributed by atoms with Crippen molar-refractivity contribution in [2.24, 2.45) is 0 Å². The molecule has 0 amide bonds. The summed E-state index contributed by atoms with van der Waals surface area (Å²) in [6.07, 6.45) is 0. The number of phosphoric acid groups is 2. The maximum absolute atomic E-state index is 13.7. The fraction of sp³-hybridized carbons (Fsp3) is 0.438. The molecular weight excluding hydrogens is 1230 g/mol. The number of phosphoric ester groups is 2. The van der Waals surface area contributed by atoms with Crippen molar-refractivity contribution < 1.29 is 51.4 Å². The molecule has 0 aliphatic rings. The van der Waals surface area contributed by atoms with Gasteiger partial charge >= 0.3 is 32.7 Å². The van der Waals surface area contributed by atoms with Crippen LogP contribution in [0.4, 0.5) is 0 Å². The summed E-state index contributed by atoms with van der Waals surface area (Å²) < 4.78 is 50.4. The van der Waals surface area contributed by atoms with Gasteiger partial charge in [0.05, 0.1) is 46.1 Å². The lowest BCUT2D eigenvalue weighted by Crippen LogP contribution is -2.45. The minimum atomic E-state index is -4.93. The minimum absolute atomic E-state index is 0.00998. The second kappa shape index (κ2) is 30.7. The predicted octanol–water partition coefficient (Wildman–Crippen LogP) is 9.00. The van der Waals surface area contributed by atoms with Gasteiger partial charge in [-0.25, -0.2) is 32.6 Å². The highest BCUT2D eigenvalue weighted by Gasteiger charge is 2.38. The van der Waals surface area contributed by atoms with E-state index in [4.69, 9.17) is 28.6 Å². The number of carbonyl (C=O) groups excluding carboxylic acids is 3. The summed E-state index contributed by atoms with van der Waals surface area (Å²) in [5.41, 5.74) is -2.35. The molecule has 0 unspecified atom stereocenters. The van der Waals surface area contributed by atoms with Crippen LogP contribution in [0.1, 0.15) is 220 Å². The van der Waals surface area contributed by atoms with Gasteiger partial charge in [-0.05, 0) is 172 Å². The molecular formula is C64H79N9O17P2. The molecule has 3 aromatic heterocycles. The Morgan fingerprint density at radius 3 is 1.08 bits per heavy atom. The molecule has 28 heteroatoms. The molecule has 26 nitrogen and oxygen atoms in total. The number of nitriles is 3. The first-order valence-electron chi connectivity index (χ1n) is 29.2. The van der Waals surface area contributed by atoms with E-state index >= 15 is 0 Å². The molecule has 0 saturated carbocycles. The van der Waals surface area contributed by atoms with E-state index < -0.39 is 103 Å². The Morgan fingerprint density at radius 1 is 0.500 bits per heavy atom. The molecule has 0 fully saturated rings. The second-order valence-corrected chi connectivity index (χ2v) is 27.0. The summed E-state index contributed by atoms with van der Waals surface area (Å²) in [6, 6.07) is 20.0. The summed E-state index contributed by atoms with van der Waals surface area (Å²) in [5, 5.41) is 27.6. The van der Waals surface area contributed by atoms with Gasteiger partial charge in [-0.3, -0.25) is 65.5 Å². The van der Waals surface area contributed by atoms with Crippen molar-refractivity contribution in [3.63, 3.8) is 0 Å². The van der Waals surface area contributed by atoms with Crippen molar-refractivity contribution in [2.45, 2.75) is 187 Å². The number of nitrogens with zero attached hydrogens (tertiary/aromatic N) is 8. The van der Waals surface area contributed by atoms with E-state index in [2.05, 4.69) is 9.51 Å². The summed E-state index contributed by atoms with van der Waals surface area (Å²) in [4.78, 5) is 137. The lowest BCUT2D eigenvalue weighted by Gasteiger charge is -2.31. The molecule has 3 N–H and O–H groups in total. The van der Waals surface area contributed by atoms with Crippen LogP contribution in [0.5, 0.6) is 0 Å². The van der Waals surface area contributed by atoms with Crippen molar-refractivity contribution in [3.05, 3.63) is 201 Å². The zero-order chi connectivity index (χ0) is 70.0. The van der Waals surface area contributed by atoms with Crippen LogP contribution in [0.25, 0.3) is 0 Å². The maximum atomic E-state index is 13.7. The van der Waals surface area contributed by atoms with Crippen LogP contribution in [0.2, 0.25) is 0 Å². The number of aromatic amines is 1. The standard InChI is InChI=1S/C27H38N3O7P.C19H22N3O7P.C18H19N3O3/c1-11-29-22(23(31)20-13-18(4)12-19(14-20)15-28)21(17(2)3)24(32)30(25(29)33)16-35-38(34,36-26(5,6)7)37-27(8,9)10;1-5-21-16(17(23)14-7-12(4)6-13(8-14)9-20)15(11(2)3)18(24)22(19(21)25)10-29-30(26,27)28;1-5-21-15(14(10(2)3)17(23)20-18(21)24)16(22)13-7-11(4)6-12(8-13)9-19/h12-14,17H,11,16H2,1-10H3;6-8,11H,5,10H2,1-4H3,(H2,26,27,28);6-8,10H,5H2,1-4H3,(H,20,23,24). The number of rotatable bonds is 20. The molecule has 3 heterocycles. The monoisotopic (exact) mass is 1310 g/mol. The summed E-state index contributed by atoms with van der Waals surface area (Å²) in [5.74, 6) is -2.74. The fourth-order valence-electron chi connectivity index (χ4n) is 9.80. The molecule has 0 bridgehead atoms. The summed E-state index contributed by atoms with van der Waals surface area (Å²) in [6.45, 7) is 29.3. The lowest BCUT2D eigenvalue weighted by atomic mass is 9.95. The van der Waals surface area contributed by atoms with E-state index in [0.717, 1.165) is 14.7 Å². The number of ketones is 3. The largest absolute Gasteiger partial charge is 0.477 e. The average Bonchev–Trinajstić information content (AvgIpc) is 0.773. The average molecular weight is 1310 g/mol. The zero-order valence-corrected chi connectivity index (χ0v) is 56.7. The molecule has 0 aliphatic heterocycles. The fourth-order valence-corrected chi connectivity index (χ4v) is 11.8. The topological polar surface area (TPSA) is 377 Å². The molecule has 0 radical (unpaired) electrons. The second-order valence-electron chi connectivity index (χ2n) is 24.2. The Kier molecular flexibility index (Phi) is 25.3. The molecule has 92 heavy (non-hydrogen) atoms. The summed E-state index contributed by atoms with van der Waals surface area (Å²) in [7, 11) is -9.16. The lowest BCUT2D eigenvalue weighted by molar-refractivity contribution is -0.00730. The van der Waals surface area contributed by atoms with Gasteiger partial charge < -0.3 is 9.79 Å². The van der Waals surface area contributed by atoms with Crippen molar-refractivity contribution >= 4 is 33.0 Å². The van der Waals surface area contributed by atoms with E-state index in [0.29, 0.717) is 32.4 Å². The molecule has 6 rings (SSSR count). The van der Waals surface area contributed by atoms with E-state index in [9.17, 15) is 62.8 Å². The van der Waals surface area contributed by atoms with Crippen LogP contribution in [0, 0.1) is 54.8 Å². The van der Waals surface area contributed by atoms with Crippen molar-refractivity contribution in [2.75, 3.05) is 0 Å². The first-order chi connectivity index (χ1) is 42.5. The Balaban J connectivity index is 0.000000302. The number of hydrogen-bond donors (Lipinski definition) is 3. The van der Waals surface area contributed by atoms with Crippen molar-refractivity contribution in [1.29, 1.82) is 15.8 Å². The maximum Gasteiger partial charge on any atom is 0.477 e. The van der Waals surface area contributed by atoms with Gasteiger partial charge in [-0.2, -0.15) is 15.8 Å². The van der Waals surface area contributed by atoms with Crippen LogP contribution < -0.4 is 33.7 Å². The Labute approximate surface area is 531 Å². The van der Waals surface area contributed by atoms with Crippen molar-refractivity contribution in [3.8, 4) is 18.2 Å². The minimum Gasteiger partial charge on any atom is -0.303 e. The SMILES string of the molecule is CCn1c(C(=O)c2cc(C)cc(C#N)c2)c(C(C)C)c(=O)[nH]c1=O.CCn1c(C(=O)c2cc(C)cc(C#N)c2)c(C(C)C)c(=O)n(COP(=O)(O)O)c1=O.CCn1c(C(=O)c2cc(C)cc(C#N)c2)c(C(C)C)c(=O)n(COP(=O)(OC(C)(C)C)OC(C)(C)C)c1=O. The predicted molar refractivity (Wildman–Crippen MR) is 342 cm³/mol. The number of nitrogens with one attached hydrogen (secondary N) is 1. The molecule has 6 aromatic rings. The van der Waals surface area contributed by atoms with Gasteiger partial charge in [-0.15, -0.1) is 0 Å². The molecule has 0 atom stereocenters. The Bertz CT molecular complexity index is 4450. The highest BCUT2D eigenvalue weighted by Crippen LogP contribution is 2.55. The Morgan fingerprint density at radius 2 is 0.804 bits per heavy atom. The number of aryl methyl sites for hydroxylation is 3. The van der Waals surface area contributed by atoms with Gasteiger partial charge in [0.1, 0.15) is 30.5 Å². The van der Waals surface area contributed by atoms with Crippen LogP contribution in [-0.2, 0) is 60.3 Å².